The van der Waals surface area contributed by atoms with Gasteiger partial charge in [-0.3, -0.25) is 4.18 Å². The third-order valence-electron chi connectivity index (χ3n) is 4.08. The van der Waals surface area contributed by atoms with E-state index in [1.54, 1.807) is 12.1 Å². The number of ether oxygens (including phenoxy) is 1. The Morgan fingerprint density at radius 1 is 1.32 bits per heavy atom. The standard InChI is InChI=1S/C17H25NO6S/c1-3-4-9-23-17(20)18-11-15(19)10-14(18)12-24-25(21,22)16-7-5-13(2)6-8-16/h5-8,14-15,19H,3-4,9-12H2,1-2H3/t14-,15+/m0/s1. The van der Waals surface area contributed by atoms with Gasteiger partial charge >= 0.3 is 6.09 Å². The number of aliphatic hydroxyl groups excluding tert-OH is 1. The molecule has 0 bridgehead atoms. The SMILES string of the molecule is CCCCOC(=O)N1C[C@H](O)C[C@H]1COS(=O)(=O)c1ccc(C)cc1. The molecule has 140 valence electrons. The summed E-state index contributed by atoms with van der Waals surface area (Å²) in [5.74, 6) is 0. The molecule has 0 aliphatic carbocycles. The lowest BCUT2D eigenvalue weighted by Gasteiger charge is -2.23. The molecule has 1 heterocycles. The average molecular weight is 371 g/mol. The van der Waals surface area contributed by atoms with E-state index in [0.29, 0.717) is 6.61 Å². The van der Waals surface area contributed by atoms with Crippen LogP contribution >= 0.6 is 0 Å². The maximum atomic E-state index is 12.2. The second-order valence-electron chi connectivity index (χ2n) is 6.22. The molecule has 0 unspecified atom stereocenters. The van der Waals surface area contributed by atoms with E-state index in [9.17, 15) is 18.3 Å². The first-order valence-electron chi connectivity index (χ1n) is 8.41. The van der Waals surface area contributed by atoms with Gasteiger partial charge in [0.25, 0.3) is 10.1 Å². The molecule has 0 spiro atoms. The van der Waals surface area contributed by atoms with Gasteiger partial charge in [-0.15, -0.1) is 0 Å². The van der Waals surface area contributed by atoms with Crippen molar-refractivity contribution in [3.63, 3.8) is 0 Å². The first kappa shape index (κ1) is 19.7. The van der Waals surface area contributed by atoms with Crippen molar-refractivity contribution in [2.75, 3.05) is 19.8 Å². The Morgan fingerprint density at radius 2 is 2.00 bits per heavy atom. The van der Waals surface area contributed by atoms with Crippen LogP contribution in [0.15, 0.2) is 29.2 Å². The molecule has 0 aromatic heterocycles. The van der Waals surface area contributed by atoms with Crippen LogP contribution in [-0.4, -0.2) is 56.4 Å². The van der Waals surface area contributed by atoms with Gasteiger partial charge in [0.05, 0.1) is 36.8 Å². The van der Waals surface area contributed by atoms with E-state index >= 15 is 0 Å². The van der Waals surface area contributed by atoms with Crippen LogP contribution < -0.4 is 0 Å². The van der Waals surface area contributed by atoms with Crippen LogP contribution in [0.25, 0.3) is 0 Å². The topological polar surface area (TPSA) is 93.1 Å². The number of likely N-dealkylation sites (tertiary alicyclic amines) is 1. The van der Waals surface area contributed by atoms with Gasteiger partial charge in [-0.2, -0.15) is 8.42 Å². The monoisotopic (exact) mass is 371 g/mol. The maximum Gasteiger partial charge on any atom is 0.410 e. The average Bonchev–Trinajstić information content (AvgIpc) is 2.95. The highest BCUT2D eigenvalue weighted by atomic mass is 32.2. The lowest BCUT2D eigenvalue weighted by molar-refractivity contribution is 0.0844. The number of aryl methyl sites for hydroxylation is 1. The predicted octanol–water partition coefficient (Wildman–Crippen LogP) is 2.07. The first-order valence-corrected chi connectivity index (χ1v) is 9.82. The minimum atomic E-state index is -3.91. The molecule has 1 fully saturated rings. The fraction of sp³-hybridized carbons (Fsp3) is 0.588. The van der Waals surface area contributed by atoms with Crippen LogP contribution in [0.4, 0.5) is 4.79 Å². The summed E-state index contributed by atoms with van der Waals surface area (Å²) in [7, 11) is -3.91. The van der Waals surface area contributed by atoms with Gasteiger partial charge in [-0.05, 0) is 31.9 Å². The number of carbonyl (C=O) groups excluding carboxylic acids is 1. The van der Waals surface area contributed by atoms with E-state index in [1.165, 1.54) is 17.0 Å². The zero-order valence-corrected chi connectivity index (χ0v) is 15.4. The highest BCUT2D eigenvalue weighted by Gasteiger charge is 2.36. The zero-order chi connectivity index (χ0) is 18.4. The highest BCUT2D eigenvalue weighted by Crippen LogP contribution is 2.21. The Bertz CT molecular complexity index is 673. The smallest absolute Gasteiger partial charge is 0.410 e. The normalized spacial score (nSPS) is 20.7. The fourth-order valence-corrected chi connectivity index (χ4v) is 3.54. The van der Waals surface area contributed by atoms with Crippen molar-refractivity contribution in [2.24, 2.45) is 0 Å². The van der Waals surface area contributed by atoms with Crippen molar-refractivity contribution in [1.82, 2.24) is 4.90 Å². The summed E-state index contributed by atoms with van der Waals surface area (Å²) in [6.45, 7) is 4.05. The number of aliphatic hydroxyl groups is 1. The van der Waals surface area contributed by atoms with Crippen LogP contribution in [0.1, 0.15) is 31.7 Å². The summed E-state index contributed by atoms with van der Waals surface area (Å²) >= 11 is 0. The molecule has 1 saturated heterocycles. The van der Waals surface area contributed by atoms with Crippen molar-refractivity contribution >= 4 is 16.2 Å². The summed E-state index contributed by atoms with van der Waals surface area (Å²) < 4.78 is 34.8. The van der Waals surface area contributed by atoms with Crippen molar-refractivity contribution < 1.29 is 27.2 Å². The quantitative estimate of drug-likeness (QED) is 0.583. The van der Waals surface area contributed by atoms with Crippen molar-refractivity contribution in [3.8, 4) is 0 Å². The molecule has 2 rings (SSSR count). The number of benzene rings is 1. The Kier molecular flexibility index (Phi) is 6.80. The zero-order valence-electron chi connectivity index (χ0n) is 14.6. The molecule has 8 heteroatoms. The van der Waals surface area contributed by atoms with Crippen LogP contribution in [0, 0.1) is 6.92 Å². The van der Waals surface area contributed by atoms with Gasteiger partial charge in [0, 0.05) is 0 Å². The van der Waals surface area contributed by atoms with E-state index in [1.807, 2.05) is 13.8 Å². The molecule has 1 aliphatic rings. The molecule has 7 nitrogen and oxygen atoms in total. The molecule has 1 aromatic rings. The Hall–Kier alpha value is -1.64. The van der Waals surface area contributed by atoms with Gasteiger partial charge in [-0.1, -0.05) is 31.0 Å². The Morgan fingerprint density at radius 3 is 2.64 bits per heavy atom. The van der Waals surface area contributed by atoms with Gasteiger partial charge in [0.2, 0.25) is 0 Å². The second kappa shape index (κ2) is 8.64. The number of carbonyl (C=O) groups is 1. The number of hydrogen-bond donors (Lipinski definition) is 1. The second-order valence-corrected chi connectivity index (χ2v) is 7.83. The number of rotatable bonds is 7. The number of β-amino-alcohol motifs (C(OH)–C–C–N with tert-alkyl or cyclic N) is 1. The molecule has 1 amide bonds. The third kappa shape index (κ3) is 5.42. The van der Waals surface area contributed by atoms with Crippen LogP contribution in [0.5, 0.6) is 0 Å². The summed E-state index contributed by atoms with van der Waals surface area (Å²) in [6.07, 6.45) is 0.648. The van der Waals surface area contributed by atoms with Crippen LogP contribution in [0.2, 0.25) is 0 Å². The lowest BCUT2D eigenvalue weighted by Crippen LogP contribution is -2.39. The van der Waals surface area contributed by atoms with Crippen molar-refractivity contribution in [2.45, 2.75) is 50.2 Å². The minimum absolute atomic E-state index is 0.0636. The minimum Gasteiger partial charge on any atom is -0.449 e. The summed E-state index contributed by atoms with van der Waals surface area (Å²) in [5.41, 5.74) is 0.943. The number of hydrogen-bond acceptors (Lipinski definition) is 6. The molecular weight excluding hydrogens is 346 g/mol. The molecule has 25 heavy (non-hydrogen) atoms. The molecule has 1 aromatic carbocycles. The molecule has 2 atom stereocenters. The highest BCUT2D eigenvalue weighted by molar-refractivity contribution is 7.86. The van der Waals surface area contributed by atoms with E-state index in [2.05, 4.69) is 0 Å². The number of unbranched alkanes of at least 4 members (excludes halogenated alkanes) is 1. The molecule has 0 radical (unpaired) electrons. The van der Waals surface area contributed by atoms with Gasteiger partial charge in [0.15, 0.2) is 0 Å². The van der Waals surface area contributed by atoms with Gasteiger partial charge in [0.1, 0.15) is 0 Å². The van der Waals surface area contributed by atoms with E-state index in [4.69, 9.17) is 8.92 Å². The van der Waals surface area contributed by atoms with Crippen LogP contribution in [0.3, 0.4) is 0 Å². The van der Waals surface area contributed by atoms with Gasteiger partial charge < -0.3 is 14.7 Å². The predicted molar refractivity (Wildman–Crippen MR) is 91.7 cm³/mol. The molecular formula is C17H25NO6S. The Balaban J connectivity index is 1.97. The molecule has 1 N–H and O–H groups in total. The third-order valence-corrected chi connectivity index (χ3v) is 5.37. The largest absolute Gasteiger partial charge is 0.449 e. The lowest BCUT2D eigenvalue weighted by atomic mass is 10.2. The molecule has 0 saturated carbocycles. The first-order chi connectivity index (χ1) is 11.8. The van der Waals surface area contributed by atoms with Crippen molar-refractivity contribution in [1.29, 1.82) is 0 Å². The van der Waals surface area contributed by atoms with Crippen molar-refractivity contribution in [3.05, 3.63) is 29.8 Å². The summed E-state index contributed by atoms with van der Waals surface area (Å²) in [5, 5.41) is 9.81. The van der Waals surface area contributed by atoms with E-state index in [-0.39, 0.29) is 24.5 Å². The Labute approximate surface area is 148 Å². The van der Waals surface area contributed by atoms with E-state index in [0.717, 1.165) is 18.4 Å². The summed E-state index contributed by atoms with van der Waals surface area (Å²) in [4.78, 5) is 13.5. The number of amides is 1. The van der Waals surface area contributed by atoms with E-state index < -0.39 is 28.4 Å². The van der Waals surface area contributed by atoms with Crippen LogP contribution in [-0.2, 0) is 19.0 Å². The maximum absolute atomic E-state index is 12.2. The fourth-order valence-electron chi connectivity index (χ4n) is 2.60. The number of nitrogens with zero attached hydrogens (tertiary/aromatic N) is 1. The summed E-state index contributed by atoms with van der Waals surface area (Å²) in [6, 6.07) is 5.79. The molecule has 1 aliphatic heterocycles. The van der Waals surface area contributed by atoms with Gasteiger partial charge in [-0.25, -0.2) is 4.79 Å².